The molecule has 4 aromatic rings. The molecule has 0 radical (unpaired) electrons. The van der Waals surface area contributed by atoms with Crippen LogP contribution in [0.1, 0.15) is 59.8 Å². The van der Waals surface area contributed by atoms with E-state index in [4.69, 9.17) is 4.74 Å². The third-order valence-electron chi connectivity index (χ3n) is 6.15. The Morgan fingerprint density at radius 2 is 1.78 bits per heavy atom. The molecule has 1 N–H and O–H groups in total. The van der Waals surface area contributed by atoms with Crippen molar-refractivity contribution >= 4 is 11.6 Å². The highest BCUT2D eigenvalue weighted by atomic mass is 16.5. The van der Waals surface area contributed by atoms with Crippen LogP contribution in [0.4, 0.5) is 0 Å². The maximum Gasteiger partial charge on any atom is 0.356 e. The molecule has 162 valence electrons. The van der Waals surface area contributed by atoms with Crippen LogP contribution in [0.25, 0.3) is 16.8 Å². The van der Waals surface area contributed by atoms with Crippen LogP contribution in [-0.4, -0.2) is 25.7 Å². The number of carbonyl (C=O) groups is 1. The van der Waals surface area contributed by atoms with E-state index in [1.165, 1.54) is 19.3 Å². The van der Waals surface area contributed by atoms with E-state index in [1.54, 1.807) is 10.6 Å². The molecular weight excluding hydrogens is 402 g/mol. The van der Waals surface area contributed by atoms with Gasteiger partial charge in [0.15, 0.2) is 11.3 Å². The van der Waals surface area contributed by atoms with Gasteiger partial charge in [-0.1, -0.05) is 61.7 Å². The van der Waals surface area contributed by atoms with Crippen molar-refractivity contribution in [3.8, 4) is 16.9 Å². The number of hydrogen-bond acceptors (Lipinski definition) is 4. The Bertz CT molecular complexity index is 1230. The van der Waals surface area contributed by atoms with Crippen molar-refractivity contribution in [2.45, 2.75) is 44.6 Å². The topological polar surface area (TPSA) is 76.7 Å². The summed E-state index contributed by atoms with van der Waals surface area (Å²) in [7, 11) is 0. The molecule has 0 spiro atoms. The lowest BCUT2D eigenvalue weighted by atomic mass is 9.84. The quantitative estimate of drug-likeness (QED) is 0.426. The highest BCUT2D eigenvalue weighted by molar-refractivity contribution is 5.86. The summed E-state index contributed by atoms with van der Waals surface area (Å²) >= 11 is 0. The Hall–Kier alpha value is -3.67. The Kier molecular flexibility index (Phi) is 5.58. The third kappa shape index (κ3) is 4.08. The number of carboxylic acids is 1. The summed E-state index contributed by atoms with van der Waals surface area (Å²) in [6.07, 6.45) is 7.60. The van der Waals surface area contributed by atoms with E-state index in [0.717, 1.165) is 41.0 Å². The van der Waals surface area contributed by atoms with Crippen molar-refractivity contribution in [2.75, 3.05) is 0 Å². The van der Waals surface area contributed by atoms with Crippen molar-refractivity contribution in [1.82, 2.24) is 14.6 Å². The van der Waals surface area contributed by atoms with Crippen molar-refractivity contribution in [3.05, 3.63) is 83.8 Å². The maximum absolute atomic E-state index is 11.5. The van der Waals surface area contributed by atoms with Gasteiger partial charge in [0.05, 0.1) is 5.69 Å². The Labute approximate surface area is 186 Å². The first-order valence-corrected chi connectivity index (χ1v) is 11.1. The van der Waals surface area contributed by atoms with Gasteiger partial charge in [0.25, 0.3) is 0 Å². The van der Waals surface area contributed by atoms with Crippen molar-refractivity contribution < 1.29 is 14.6 Å². The number of benzene rings is 2. The van der Waals surface area contributed by atoms with Crippen molar-refractivity contribution in [2.24, 2.45) is 0 Å². The van der Waals surface area contributed by atoms with E-state index in [1.807, 2.05) is 60.8 Å². The molecule has 6 nitrogen and oxygen atoms in total. The molecule has 0 unspecified atom stereocenters. The molecule has 0 aliphatic heterocycles. The van der Waals surface area contributed by atoms with E-state index in [-0.39, 0.29) is 5.69 Å². The predicted octanol–water partition coefficient (Wildman–Crippen LogP) is 5.72. The van der Waals surface area contributed by atoms with Gasteiger partial charge in [0.1, 0.15) is 12.4 Å². The summed E-state index contributed by atoms with van der Waals surface area (Å²) in [6, 6.07) is 19.6. The van der Waals surface area contributed by atoms with Crippen LogP contribution in [0.2, 0.25) is 0 Å². The molecule has 5 rings (SSSR count). The molecular formula is C26H25N3O3. The van der Waals surface area contributed by atoms with Crippen LogP contribution >= 0.6 is 0 Å². The normalized spacial score (nSPS) is 14.5. The molecule has 2 heterocycles. The predicted molar refractivity (Wildman–Crippen MR) is 122 cm³/mol. The van der Waals surface area contributed by atoms with Crippen molar-refractivity contribution in [1.29, 1.82) is 0 Å². The van der Waals surface area contributed by atoms with E-state index >= 15 is 0 Å². The Morgan fingerprint density at radius 3 is 2.50 bits per heavy atom. The second-order valence-corrected chi connectivity index (χ2v) is 8.30. The molecule has 1 saturated carbocycles. The van der Waals surface area contributed by atoms with Gasteiger partial charge in [0.2, 0.25) is 0 Å². The lowest BCUT2D eigenvalue weighted by molar-refractivity contribution is 0.0690. The number of carboxylic acid groups (broad SMARTS) is 1. The lowest BCUT2D eigenvalue weighted by Gasteiger charge is -2.24. The van der Waals surface area contributed by atoms with Crippen LogP contribution < -0.4 is 4.74 Å². The largest absolute Gasteiger partial charge is 0.489 e. The Morgan fingerprint density at radius 1 is 1.03 bits per heavy atom. The van der Waals surface area contributed by atoms with Crippen LogP contribution in [0.3, 0.4) is 0 Å². The zero-order valence-corrected chi connectivity index (χ0v) is 17.8. The molecule has 32 heavy (non-hydrogen) atoms. The number of aromatic nitrogens is 3. The second-order valence-electron chi connectivity index (χ2n) is 8.30. The molecule has 1 aliphatic rings. The van der Waals surface area contributed by atoms with Gasteiger partial charge >= 0.3 is 5.97 Å². The average Bonchev–Trinajstić information content (AvgIpc) is 3.29. The van der Waals surface area contributed by atoms with Gasteiger partial charge in [-0.2, -0.15) is 5.10 Å². The molecule has 1 fully saturated rings. The van der Waals surface area contributed by atoms with E-state index < -0.39 is 5.97 Å². The highest BCUT2D eigenvalue weighted by Gasteiger charge is 2.24. The van der Waals surface area contributed by atoms with Crippen LogP contribution in [-0.2, 0) is 6.61 Å². The van der Waals surface area contributed by atoms with E-state index in [0.29, 0.717) is 18.2 Å². The standard InChI is InChI=1S/C26H25N3O3/c30-26(31)23-15-24-27-16-22(25(29(24)28-23)20-9-5-2-6-10-20)19-11-13-21(14-12-19)32-17-18-7-3-1-4-8-18/h1,3-4,7-8,11-16,20H,2,5-6,9-10,17H2,(H,30,31). The minimum atomic E-state index is -1.04. The van der Waals surface area contributed by atoms with Crippen LogP contribution in [0.5, 0.6) is 5.75 Å². The lowest BCUT2D eigenvalue weighted by Crippen LogP contribution is -2.13. The number of aromatic carboxylic acids is 1. The number of nitrogens with zero attached hydrogens (tertiary/aromatic N) is 3. The molecule has 0 saturated heterocycles. The zero-order chi connectivity index (χ0) is 21.9. The van der Waals surface area contributed by atoms with Gasteiger partial charge in [-0.3, -0.25) is 0 Å². The number of ether oxygens (including phenoxy) is 1. The second kappa shape index (κ2) is 8.83. The fourth-order valence-electron chi connectivity index (χ4n) is 4.52. The summed E-state index contributed by atoms with van der Waals surface area (Å²) < 4.78 is 7.68. The van der Waals surface area contributed by atoms with Gasteiger partial charge in [-0.15, -0.1) is 0 Å². The summed E-state index contributed by atoms with van der Waals surface area (Å²) in [5.41, 5.74) is 4.81. The summed E-state index contributed by atoms with van der Waals surface area (Å²) in [5.74, 6) is 0.101. The summed E-state index contributed by atoms with van der Waals surface area (Å²) in [6.45, 7) is 0.520. The minimum absolute atomic E-state index is 0.0244. The van der Waals surface area contributed by atoms with Gasteiger partial charge in [0, 0.05) is 23.7 Å². The molecule has 0 atom stereocenters. The number of rotatable bonds is 6. The molecule has 1 aliphatic carbocycles. The molecule has 2 aromatic heterocycles. The van der Waals surface area contributed by atoms with Gasteiger partial charge < -0.3 is 9.84 Å². The van der Waals surface area contributed by atoms with Crippen molar-refractivity contribution in [3.63, 3.8) is 0 Å². The fraction of sp³-hybridized carbons (Fsp3) is 0.269. The summed E-state index contributed by atoms with van der Waals surface area (Å²) in [5, 5.41) is 13.8. The monoisotopic (exact) mass is 427 g/mol. The molecule has 0 bridgehead atoms. The first-order valence-electron chi connectivity index (χ1n) is 11.1. The van der Waals surface area contributed by atoms with Crippen LogP contribution in [0.15, 0.2) is 66.9 Å². The number of hydrogen-bond donors (Lipinski definition) is 1. The maximum atomic E-state index is 11.5. The van der Waals surface area contributed by atoms with Gasteiger partial charge in [-0.25, -0.2) is 14.3 Å². The Balaban J connectivity index is 1.49. The smallest absolute Gasteiger partial charge is 0.356 e. The third-order valence-corrected chi connectivity index (χ3v) is 6.15. The average molecular weight is 428 g/mol. The van der Waals surface area contributed by atoms with Crippen LogP contribution in [0, 0.1) is 0 Å². The van der Waals surface area contributed by atoms with E-state index in [2.05, 4.69) is 10.1 Å². The van der Waals surface area contributed by atoms with Gasteiger partial charge in [-0.05, 0) is 36.1 Å². The number of fused-ring (bicyclic) bond motifs is 1. The fourth-order valence-corrected chi connectivity index (χ4v) is 4.52. The SMILES string of the molecule is O=C(O)c1cc2ncc(-c3ccc(OCc4ccccc4)cc3)c(C3CCCCC3)n2n1. The highest BCUT2D eigenvalue weighted by Crippen LogP contribution is 2.38. The molecule has 2 aromatic carbocycles. The molecule has 6 heteroatoms. The minimum Gasteiger partial charge on any atom is -0.489 e. The van der Waals surface area contributed by atoms with E-state index in [9.17, 15) is 9.90 Å². The molecule has 0 amide bonds. The first-order chi connectivity index (χ1) is 15.7. The zero-order valence-electron chi connectivity index (χ0n) is 17.8. The first kappa shape index (κ1) is 20.2. The summed E-state index contributed by atoms with van der Waals surface area (Å²) in [4.78, 5) is 16.0.